The van der Waals surface area contributed by atoms with Gasteiger partial charge in [0.15, 0.2) is 0 Å². The molecule has 0 aromatic carbocycles. The molecule has 3 N–H and O–H groups in total. The van der Waals surface area contributed by atoms with Gasteiger partial charge in [0.05, 0.1) is 0 Å². The third-order valence-corrected chi connectivity index (χ3v) is 2.47. The number of nitrogen functional groups attached to an aromatic ring is 1. The molecular weight excluding hydrogens is 164 g/mol. The van der Waals surface area contributed by atoms with Gasteiger partial charge in [-0.2, -0.15) is 0 Å². The van der Waals surface area contributed by atoms with Crippen molar-refractivity contribution in [2.24, 2.45) is 0 Å². The largest absolute Gasteiger partial charge is 0.384 e. The third-order valence-electron chi connectivity index (χ3n) is 2.47. The van der Waals surface area contributed by atoms with Crippen molar-refractivity contribution in [1.29, 1.82) is 0 Å². The molecule has 1 aromatic heterocycles. The van der Waals surface area contributed by atoms with Crippen molar-refractivity contribution in [3.63, 3.8) is 0 Å². The van der Waals surface area contributed by atoms with Crippen LogP contribution in [0.4, 0.5) is 5.82 Å². The van der Waals surface area contributed by atoms with E-state index < -0.39 is 0 Å². The summed E-state index contributed by atoms with van der Waals surface area (Å²) in [5.74, 6) is 1.13. The van der Waals surface area contributed by atoms with E-state index in [1.54, 1.807) is 6.33 Å². The van der Waals surface area contributed by atoms with E-state index in [2.05, 4.69) is 15.3 Å². The SMILES string of the molecule is Nc1cc(C2CCNCC2)ncn1. The van der Waals surface area contributed by atoms with Crippen LogP contribution in [-0.2, 0) is 0 Å². The Balaban J connectivity index is 2.14. The Labute approximate surface area is 77.6 Å². The molecule has 0 bridgehead atoms. The first-order chi connectivity index (χ1) is 6.36. The number of nitrogens with two attached hydrogens (primary N) is 1. The first kappa shape index (κ1) is 8.44. The maximum absolute atomic E-state index is 5.60. The van der Waals surface area contributed by atoms with Crippen LogP contribution in [0.3, 0.4) is 0 Å². The number of hydrogen-bond acceptors (Lipinski definition) is 4. The van der Waals surface area contributed by atoms with E-state index in [-0.39, 0.29) is 0 Å². The van der Waals surface area contributed by atoms with Gasteiger partial charge in [-0.15, -0.1) is 0 Å². The monoisotopic (exact) mass is 178 g/mol. The summed E-state index contributed by atoms with van der Waals surface area (Å²) < 4.78 is 0. The molecule has 2 heterocycles. The lowest BCUT2D eigenvalue weighted by Gasteiger charge is -2.21. The highest BCUT2D eigenvalue weighted by Gasteiger charge is 2.16. The van der Waals surface area contributed by atoms with Crippen molar-refractivity contribution in [2.75, 3.05) is 18.8 Å². The van der Waals surface area contributed by atoms with Crippen LogP contribution in [-0.4, -0.2) is 23.1 Å². The summed E-state index contributed by atoms with van der Waals surface area (Å²) in [6.45, 7) is 2.16. The van der Waals surface area contributed by atoms with Crippen LogP contribution >= 0.6 is 0 Å². The predicted molar refractivity (Wildman–Crippen MR) is 51.3 cm³/mol. The zero-order valence-electron chi connectivity index (χ0n) is 7.53. The molecule has 0 saturated carbocycles. The number of aromatic nitrogens is 2. The van der Waals surface area contributed by atoms with Crippen LogP contribution in [0.25, 0.3) is 0 Å². The Kier molecular flexibility index (Phi) is 2.40. The summed E-state index contributed by atoms with van der Waals surface area (Å²) in [6, 6.07) is 1.88. The molecule has 1 aliphatic rings. The van der Waals surface area contributed by atoms with Gasteiger partial charge >= 0.3 is 0 Å². The van der Waals surface area contributed by atoms with Gasteiger partial charge in [-0.05, 0) is 25.9 Å². The molecular formula is C9H14N4. The quantitative estimate of drug-likeness (QED) is 0.658. The lowest BCUT2D eigenvalue weighted by Crippen LogP contribution is -2.27. The third kappa shape index (κ3) is 1.95. The molecule has 0 radical (unpaired) electrons. The van der Waals surface area contributed by atoms with Crippen LogP contribution < -0.4 is 11.1 Å². The highest BCUT2D eigenvalue weighted by Crippen LogP contribution is 2.23. The lowest BCUT2D eigenvalue weighted by atomic mass is 9.94. The molecule has 1 saturated heterocycles. The first-order valence-corrected chi connectivity index (χ1v) is 4.64. The Hall–Kier alpha value is -1.16. The van der Waals surface area contributed by atoms with Crippen molar-refractivity contribution in [3.8, 4) is 0 Å². The average Bonchev–Trinajstić information content (AvgIpc) is 2.19. The second kappa shape index (κ2) is 3.70. The van der Waals surface area contributed by atoms with Crippen molar-refractivity contribution in [1.82, 2.24) is 15.3 Å². The standard InChI is InChI=1S/C9H14N4/c10-9-5-8(12-6-13-9)7-1-3-11-4-2-7/h5-7,11H,1-4H2,(H2,10,12,13). The van der Waals surface area contributed by atoms with Crippen LogP contribution in [0.5, 0.6) is 0 Å². The Bertz CT molecular complexity index is 281. The molecule has 4 nitrogen and oxygen atoms in total. The minimum atomic E-state index is 0.562. The topological polar surface area (TPSA) is 63.8 Å². The van der Waals surface area contributed by atoms with Gasteiger partial charge in [-0.1, -0.05) is 0 Å². The second-order valence-corrected chi connectivity index (χ2v) is 3.39. The summed E-state index contributed by atoms with van der Waals surface area (Å²) >= 11 is 0. The molecule has 0 aliphatic carbocycles. The van der Waals surface area contributed by atoms with Crippen molar-refractivity contribution in [2.45, 2.75) is 18.8 Å². The molecule has 0 atom stereocenters. The van der Waals surface area contributed by atoms with E-state index in [9.17, 15) is 0 Å². The minimum Gasteiger partial charge on any atom is -0.384 e. The zero-order valence-corrected chi connectivity index (χ0v) is 7.53. The maximum atomic E-state index is 5.60. The fraction of sp³-hybridized carbons (Fsp3) is 0.556. The summed E-state index contributed by atoms with van der Waals surface area (Å²) in [6.07, 6.45) is 3.85. The Morgan fingerprint density at radius 3 is 2.77 bits per heavy atom. The van der Waals surface area contributed by atoms with Gasteiger partial charge in [-0.3, -0.25) is 0 Å². The molecule has 1 aromatic rings. The molecule has 0 unspecified atom stereocenters. The van der Waals surface area contributed by atoms with Gasteiger partial charge in [0.2, 0.25) is 0 Å². The smallest absolute Gasteiger partial charge is 0.127 e. The van der Waals surface area contributed by atoms with E-state index >= 15 is 0 Å². The van der Waals surface area contributed by atoms with E-state index in [0.717, 1.165) is 31.6 Å². The van der Waals surface area contributed by atoms with E-state index in [1.807, 2.05) is 6.07 Å². The number of rotatable bonds is 1. The van der Waals surface area contributed by atoms with Crippen molar-refractivity contribution < 1.29 is 0 Å². The summed E-state index contributed by atoms with van der Waals surface area (Å²) in [7, 11) is 0. The maximum Gasteiger partial charge on any atom is 0.127 e. The normalized spacial score (nSPS) is 18.8. The zero-order chi connectivity index (χ0) is 9.10. The van der Waals surface area contributed by atoms with Crippen LogP contribution in [0, 0.1) is 0 Å². The van der Waals surface area contributed by atoms with E-state index in [1.165, 1.54) is 0 Å². The summed E-state index contributed by atoms with van der Waals surface area (Å²) in [5, 5.41) is 3.32. The van der Waals surface area contributed by atoms with Crippen LogP contribution in [0.1, 0.15) is 24.5 Å². The summed E-state index contributed by atoms with van der Waals surface area (Å²) in [4.78, 5) is 8.13. The lowest BCUT2D eigenvalue weighted by molar-refractivity contribution is 0.453. The molecule has 1 aliphatic heterocycles. The second-order valence-electron chi connectivity index (χ2n) is 3.39. The molecule has 13 heavy (non-hydrogen) atoms. The van der Waals surface area contributed by atoms with Crippen molar-refractivity contribution in [3.05, 3.63) is 18.1 Å². The molecule has 0 amide bonds. The molecule has 70 valence electrons. The van der Waals surface area contributed by atoms with E-state index in [4.69, 9.17) is 5.73 Å². The number of nitrogens with one attached hydrogen (secondary N) is 1. The number of anilines is 1. The average molecular weight is 178 g/mol. The molecule has 0 spiro atoms. The van der Waals surface area contributed by atoms with Crippen molar-refractivity contribution >= 4 is 5.82 Å². The summed E-state index contributed by atoms with van der Waals surface area (Å²) in [5.41, 5.74) is 6.69. The minimum absolute atomic E-state index is 0.562. The first-order valence-electron chi connectivity index (χ1n) is 4.64. The van der Waals surface area contributed by atoms with Crippen LogP contribution in [0.15, 0.2) is 12.4 Å². The Morgan fingerprint density at radius 2 is 2.08 bits per heavy atom. The number of hydrogen-bond donors (Lipinski definition) is 2. The Morgan fingerprint density at radius 1 is 1.31 bits per heavy atom. The molecule has 4 heteroatoms. The van der Waals surface area contributed by atoms with Gasteiger partial charge in [-0.25, -0.2) is 9.97 Å². The van der Waals surface area contributed by atoms with Gasteiger partial charge in [0.1, 0.15) is 12.1 Å². The fourth-order valence-corrected chi connectivity index (χ4v) is 1.73. The molecule has 1 fully saturated rings. The predicted octanol–water partition coefficient (Wildman–Crippen LogP) is 0.526. The van der Waals surface area contributed by atoms with Gasteiger partial charge in [0, 0.05) is 17.7 Å². The molecule has 2 rings (SSSR count). The highest BCUT2D eigenvalue weighted by molar-refractivity contribution is 5.29. The van der Waals surface area contributed by atoms with Gasteiger partial charge < -0.3 is 11.1 Å². The van der Waals surface area contributed by atoms with Gasteiger partial charge in [0.25, 0.3) is 0 Å². The van der Waals surface area contributed by atoms with E-state index in [0.29, 0.717) is 11.7 Å². The van der Waals surface area contributed by atoms with Crippen LogP contribution in [0.2, 0.25) is 0 Å². The highest BCUT2D eigenvalue weighted by atomic mass is 14.9. The fourth-order valence-electron chi connectivity index (χ4n) is 1.73. The number of nitrogens with zero attached hydrogens (tertiary/aromatic N) is 2. The number of piperidine rings is 1.